The van der Waals surface area contributed by atoms with Gasteiger partial charge in [0.1, 0.15) is 0 Å². The Kier molecular flexibility index (Phi) is 5.00. The summed E-state index contributed by atoms with van der Waals surface area (Å²) in [6.45, 7) is 5.74. The van der Waals surface area contributed by atoms with Gasteiger partial charge in [-0.15, -0.1) is 0 Å². The Bertz CT molecular complexity index is 398. The second-order valence-electron chi connectivity index (χ2n) is 6.42. The first-order valence-corrected chi connectivity index (χ1v) is 7.56. The summed E-state index contributed by atoms with van der Waals surface area (Å²) >= 11 is 0. The highest BCUT2D eigenvalue weighted by molar-refractivity contribution is 5.32. The smallest absolute Gasteiger partial charge is 0.0326 e. The molecule has 0 saturated carbocycles. The molecule has 0 spiro atoms. The summed E-state index contributed by atoms with van der Waals surface area (Å²) in [6.07, 6.45) is 3.82. The zero-order valence-corrected chi connectivity index (χ0v) is 12.8. The fraction of sp³-hybridized carbons (Fsp3) is 0.647. The Morgan fingerprint density at radius 2 is 2.00 bits per heavy atom. The fourth-order valence-corrected chi connectivity index (χ4v) is 3.03. The van der Waals surface area contributed by atoms with E-state index in [-0.39, 0.29) is 0 Å². The molecular formula is C17H28N2. The summed E-state index contributed by atoms with van der Waals surface area (Å²) < 4.78 is 0. The van der Waals surface area contributed by atoms with Crippen molar-refractivity contribution < 1.29 is 0 Å². The van der Waals surface area contributed by atoms with E-state index in [1.54, 1.807) is 5.56 Å². The van der Waals surface area contributed by atoms with E-state index in [1.165, 1.54) is 24.8 Å². The normalized spacial score (nSPS) is 20.6. The third kappa shape index (κ3) is 3.80. The number of hydrogen-bond donors (Lipinski definition) is 1. The van der Waals surface area contributed by atoms with Crippen molar-refractivity contribution in [2.45, 2.75) is 45.2 Å². The lowest BCUT2D eigenvalue weighted by Crippen LogP contribution is -2.44. The van der Waals surface area contributed by atoms with Gasteiger partial charge >= 0.3 is 0 Å². The summed E-state index contributed by atoms with van der Waals surface area (Å²) in [5.41, 5.74) is 3.07. The van der Waals surface area contributed by atoms with Crippen LogP contribution in [0.15, 0.2) is 24.3 Å². The van der Waals surface area contributed by atoms with Crippen LogP contribution in [0.2, 0.25) is 0 Å². The Labute approximate surface area is 118 Å². The molecule has 0 heterocycles. The summed E-state index contributed by atoms with van der Waals surface area (Å²) in [5.74, 6) is 0.663. The number of hydrogen-bond acceptors (Lipinski definition) is 2. The molecule has 0 aromatic heterocycles. The molecule has 1 aromatic carbocycles. The van der Waals surface area contributed by atoms with Gasteiger partial charge in [0.15, 0.2) is 0 Å². The van der Waals surface area contributed by atoms with Crippen LogP contribution in [0.25, 0.3) is 0 Å². The van der Waals surface area contributed by atoms with Gasteiger partial charge in [-0.25, -0.2) is 0 Å². The fourth-order valence-electron chi connectivity index (χ4n) is 3.03. The summed E-state index contributed by atoms with van der Waals surface area (Å²) in [4.78, 5) is 2.28. The molecule has 1 aliphatic carbocycles. The molecule has 106 valence electrons. The molecule has 0 bridgehead atoms. The van der Waals surface area contributed by atoms with Crippen LogP contribution in [-0.2, 0) is 6.42 Å². The Morgan fingerprint density at radius 3 is 2.68 bits per heavy atom. The van der Waals surface area contributed by atoms with Gasteiger partial charge < -0.3 is 10.2 Å². The highest BCUT2D eigenvalue weighted by atomic mass is 15.1. The predicted molar refractivity (Wildman–Crippen MR) is 82.4 cm³/mol. The Hall–Kier alpha value is -0.860. The second-order valence-corrected chi connectivity index (χ2v) is 6.42. The van der Waals surface area contributed by atoms with Gasteiger partial charge in [0.05, 0.1) is 0 Å². The molecule has 2 nitrogen and oxygen atoms in total. The highest BCUT2D eigenvalue weighted by Crippen LogP contribution is 2.30. The van der Waals surface area contributed by atoms with E-state index in [0.717, 1.165) is 6.54 Å². The van der Waals surface area contributed by atoms with Crippen molar-refractivity contribution in [3.63, 3.8) is 0 Å². The van der Waals surface area contributed by atoms with E-state index in [1.807, 2.05) is 0 Å². The molecule has 1 aliphatic rings. The van der Waals surface area contributed by atoms with Gasteiger partial charge in [0.2, 0.25) is 0 Å². The monoisotopic (exact) mass is 260 g/mol. The zero-order valence-electron chi connectivity index (χ0n) is 12.8. The van der Waals surface area contributed by atoms with Gasteiger partial charge in [0, 0.05) is 18.6 Å². The van der Waals surface area contributed by atoms with Crippen LogP contribution in [-0.4, -0.2) is 31.6 Å². The van der Waals surface area contributed by atoms with Crippen molar-refractivity contribution in [2.75, 3.05) is 20.6 Å². The van der Waals surface area contributed by atoms with Crippen molar-refractivity contribution in [1.29, 1.82) is 0 Å². The van der Waals surface area contributed by atoms with Crippen molar-refractivity contribution in [1.82, 2.24) is 10.2 Å². The maximum atomic E-state index is 3.90. The minimum Gasteiger partial charge on any atom is -0.308 e. The number of likely N-dealkylation sites (N-methyl/N-ethyl adjacent to an activating group) is 1. The lowest BCUT2D eigenvalue weighted by Gasteiger charge is -2.33. The molecule has 0 amide bonds. The molecule has 2 unspecified atom stereocenters. The third-order valence-corrected chi connectivity index (χ3v) is 4.15. The molecule has 2 atom stereocenters. The van der Waals surface area contributed by atoms with E-state index in [9.17, 15) is 0 Å². The van der Waals surface area contributed by atoms with Gasteiger partial charge in [0.25, 0.3) is 0 Å². The van der Waals surface area contributed by atoms with Crippen molar-refractivity contribution in [3.8, 4) is 0 Å². The molecule has 0 saturated heterocycles. The van der Waals surface area contributed by atoms with E-state index in [4.69, 9.17) is 0 Å². The lowest BCUT2D eigenvalue weighted by molar-refractivity contribution is 0.260. The maximum Gasteiger partial charge on any atom is 0.0326 e. The van der Waals surface area contributed by atoms with Gasteiger partial charge in [-0.3, -0.25) is 0 Å². The number of nitrogens with one attached hydrogen (secondary N) is 1. The van der Waals surface area contributed by atoms with Crippen LogP contribution in [0.5, 0.6) is 0 Å². The molecule has 1 N–H and O–H groups in total. The second kappa shape index (κ2) is 6.53. The number of benzene rings is 1. The first-order valence-electron chi connectivity index (χ1n) is 7.56. The SMILES string of the molecule is CC(C)C(CN(C)C)NC1CCCc2ccccc21. The number of rotatable bonds is 5. The van der Waals surface area contributed by atoms with Crippen LogP contribution in [0.1, 0.15) is 43.9 Å². The third-order valence-electron chi connectivity index (χ3n) is 4.15. The van der Waals surface area contributed by atoms with Crippen LogP contribution in [0.3, 0.4) is 0 Å². The minimum absolute atomic E-state index is 0.539. The van der Waals surface area contributed by atoms with Crippen molar-refractivity contribution >= 4 is 0 Å². The van der Waals surface area contributed by atoms with E-state index in [0.29, 0.717) is 18.0 Å². The number of nitrogens with zero attached hydrogens (tertiary/aromatic N) is 1. The molecule has 19 heavy (non-hydrogen) atoms. The van der Waals surface area contributed by atoms with E-state index >= 15 is 0 Å². The van der Waals surface area contributed by atoms with Crippen LogP contribution in [0.4, 0.5) is 0 Å². The lowest BCUT2D eigenvalue weighted by atomic mass is 9.86. The largest absolute Gasteiger partial charge is 0.308 e. The molecule has 0 radical (unpaired) electrons. The van der Waals surface area contributed by atoms with E-state index < -0.39 is 0 Å². The first kappa shape index (κ1) is 14.5. The highest BCUT2D eigenvalue weighted by Gasteiger charge is 2.24. The molecule has 2 heteroatoms. The molecule has 1 aromatic rings. The molecule has 0 aliphatic heterocycles. The summed E-state index contributed by atoms with van der Waals surface area (Å²) in [5, 5.41) is 3.90. The number of fused-ring (bicyclic) bond motifs is 1. The molecule has 0 fully saturated rings. The first-order chi connectivity index (χ1) is 9.08. The van der Waals surface area contributed by atoms with Crippen LogP contribution < -0.4 is 5.32 Å². The average molecular weight is 260 g/mol. The van der Waals surface area contributed by atoms with Crippen molar-refractivity contribution in [3.05, 3.63) is 35.4 Å². The van der Waals surface area contributed by atoms with E-state index in [2.05, 4.69) is 62.4 Å². The average Bonchev–Trinajstić information content (AvgIpc) is 2.37. The quantitative estimate of drug-likeness (QED) is 0.874. The molecule has 2 rings (SSSR count). The Morgan fingerprint density at radius 1 is 1.26 bits per heavy atom. The molecular weight excluding hydrogens is 232 g/mol. The maximum absolute atomic E-state index is 3.90. The zero-order chi connectivity index (χ0) is 13.8. The standard InChI is InChI=1S/C17H28N2/c1-13(2)17(12-19(3)4)18-16-11-7-9-14-8-5-6-10-15(14)16/h5-6,8,10,13,16-18H,7,9,11-12H2,1-4H3. The van der Waals surface area contributed by atoms with Gasteiger partial charge in [-0.2, -0.15) is 0 Å². The van der Waals surface area contributed by atoms with Crippen LogP contribution in [0, 0.1) is 5.92 Å². The van der Waals surface area contributed by atoms with Gasteiger partial charge in [-0.05, 0) is 50.4 Å². The predicted octanol–water partition coefficient (Wildman–Crippen LogP) is 3.24. The van der Waals surface area contributed by atoms with Crippen LogP contribution >= 0.6 is 0 Å². The number of aryl methyl sites for hydroxylation is 1. The summed E-state index contributed by atoms with van der Waals surface area (Å²) in [7, 11) is 4.32. The van der Waals surface area contributed by atoms with Gasteiger partial charge in [-0.1, -0.05) is 38.1 Å². The Balaban J connectivity index is 2.10. The minimum atomic E-state index is 0.539. The van der Waals surface area contributed by atoms with Crippen molar-refractivity contribution in [2.24, 2.45) is 5.92 Å². The summed E-state index contributed by atoms with van der Waals surface area (Å²) in [6, 6.07) is 10.0. The topological polar surface area (TPSA) is 15.3 Å².